The van der Waals surface area contributed by atoms with Crippen molar-refractivity contribution in [2.45, 2.75) is 52.6 Å². The second-order valence-corrected chi connectivity index (χ2v) is 5.21. The van der Waals surface area contributed by atoms with E-state index in [-0.39, 0.29) is 18.0 Å². The summed E-state index contributed by atoms with van der Waals surface area (Å²) in [6.45, 7) is 6.14. The second kappa shape index (κ2) is 7.49. The Morgan fingerprint density at radius 3 is 2.76 bits per heavy atom. The standard InChI is InChI=1S/C14H22O2S/c1-4-6-7-11(3)14(15)16-13(5-2)12-8-9-17-10-12/h8-11,13H,4-7H2,1-3H3. The number of hydrogen-bond acceptors (Lipinski definition) is 3. The van der Waals surface area contributed by atoms with Crippen molar-refractivity contribution in [1.29, 1.82) is 0 Å². The summed E-state index contributed by atoms with van der Waals surface area (Å²) in [6.07, 6.45) is 3.90. The highest BCUT2D eigenvalue weighted by atomic mass is 32.1. The molecular formula is C14H22O2S. The molecule has 17 heavy (non-hydrogen) atoms. The third-order valence-electron chi connectivity index (χ3n) is 2.94. The molecule has 2 nitrogen and oxygen atoms in total. The molecule has 3 heteroatoms. The first-order valence-corrected chi connectivity index (χ1v) is 7.35. The van der Waals surface area contributed by atoms with Crippen LogP contribution in [0.15, 0.2) is 16.8 Å². The Kier molecular flexibility index (Phi) is 6.27. The van der Waals surface area contributed by atoms with E-state index in [0.717, 1.165) is 31.2 Å². The van der Waals surface area contributed by atoms with Gasteiger partial charge < -0.3 is 4.74 Å². The second-order valence-electron chi connectivity index (χ2n) is 4.43. The first-order valence-electron chi connectivity index (χ1n) is 6.41. The van der Waals surface area contributed by atoms with E-state index in [1.54, 1.807) is 11.3 Å². The first kappa shape index (κ1) is 14.2. The Labute approximate surface area is 108 Å². The van der Waals surface area contributed by atoms with Gasteiger partial charge in [0.15, 0.2) is 0 Å². The zero-order valence-electron chi connectivity index (χ0n) is 10.9. The molecule has 1 heterocycles. The summed E-state index contributed by atoms with van der Waals surface area (Å²) >= 11 is 1.64. The molecule has 2 unspecified atom stereocenters. The van der Waals surface area contributed by atoms with E-state index in [0.29, 0.717) is 0 Å². The molecule has 0 N–H and O–H groups in total. The molecule has 1 aromatic rings. The zero-order valence-corrected chi connectivity index (χ0v) is 11.8. The number of thiophene rings is 1. The van der Waals surface area contributed by atoms with Crippen LogP contribution >= 0.6 is 11.3 Å². The maximum Gasteiger partial charge on any atom is 0.309 e. The van der Waals surface area contributed by atoms with Gasteiger partial charge >= 0.3 is 5.97 Å². The zero-order chi connectivity index (χ0) is 12.7. The lowest BCUT2D eigenvalue weighted by atomic mass is 10.0. The van der Waals surface area contributed by atoms with E-state index in [2.05, 4.69) is 12.3 Å². The van der Waals surface area contributed by atoms with Crippen LogP contribution in [-0.2, 0) is 9.53 Å². The van der Waals surface area contributed by atoms with Crippen LogP contribution in [0.2, 0.25) is 0 Å². The Morgan fingerprint density at radius 2 is 2.24 bits per heavy atom. The third-order valence-corrected chi connectivity index (χ3v) is 3.64. The largest absolute Gasteiger partial charge is 0.457 e. The van der Waals surface area contributed by atoms with Crippen molar-refractivity contribution in [3.05, 3.63) is 22.4 Å². The fourth-order valence-corrected chi connectivity index (χ4v) is 2.43. The molecule has 1 rings (SSSR count). The highest BCUT2D eigenvalue weighted by molar-refractivity contribution is 7.07. The molecule has 1 aromatic heterocycles. The van der Waals surface area contributed by atoms with Gasteiger partial charge in [-0.2, -0.15) is 11.3 Å². The van der Waals surface area contributed by atoms with Crippen molar-refractivity contribution in [3.8, 4) is 0 Å². The van der Waals surface area contributed by atoms with E-state index < -0.39 is 0 Å². The van der Waals surface area contributed by atoms with Gasteiger partial charge in [0, 0.05) is 5.56 Å². The van der Waals surface area contributed by atoms with Gasteiger partial charge in [0.25, 0.3) is 0 Å². The van der Waals surface area contributed by atoms with Gasteiger partial charge in [0.2, 0.25) is 0 Å². The van der Waals surface area contributed by atoms with Crippen molar-refractivity contribution in [1.82, 2.24) is 0 Å². The van der Waals surface area contributed by atoms with Gasteiger partial charge in [0.05, 0.1) is 5.92 Å². The van der Waals surface area contributed by atoms with Crippen LogP contribution in [0.25, 0.3) is 0 Å². The van der Waals surface area contributed by atoms with Crippen LogP contribution in [-0.4, -0.2) is 5.97 Å². The molecule has 96 valence electrons. The quantitative estimate of drug-likeness (QED) is 0.666. The summed E-state index contributed by atoms with van der Waals surface area (Å²) in [7, 11) is 0. The number of ether oxygens (including phenoxy) is 1. The molecule has 0 aliphatic heterocycles. The molecule has 0 spiro atoms. The highest BCUT2D eigenvalue weighted by Crippen LogP contribution is 2.25. The lowest BCUT2D eigenvalue weighted by molar-refractivity contribution is -0.154. The molecule has 0 saturated heterocycles. The number of carbonyl (C=O) groups is 1. The summed E-state index contributed by atoms with van der Waals surface area (Å²) in [4.78, 5) is 11.9. The van der Waals surface area contributed by atoms with Crippen LogP contribution in [0.5, 0.6) is 0 Å². The fourth-order valence-electron chi connectivity index (χ4n) is 1.73. The number of hydrogen-bond donors (Lipinski definition) is 0. The van der Waals surface area contributed by atoms with Crippen LogP contribution in [0.1, 0.15) is 58.1 Å². The molecule has 0 aliphatic rings. The van der Waals surface area contributed by atoms with E-state index in [4.69, 9.17) is 4.74 Å². The van der Waals surface area contributed by atoms with E-state index in [1.807, 2.05) is 25.3 Å². The average molecular weight is 254 g/mol. The van der Waals surface area contributed by atoms with E-state index >= 15 is 0 Å². The number of unbranched alkanes of at least 4 members (excludes halogenated alkanes) is 1. The topological polar surface area (TPSA) is 26.3 Å². The van der Waals surface area contributed by atoms with Crippen molar-refractivity contribution in [3.63, 3.8) is 0 Å². The maximum absolute atomic E-state index is 11.9. The maximum atomic E-state index is 11.9. The third kappa shape index (κ3) is 4.50. The summed E-state index contributed by atoms with van der Waals surface area (Å²) in [5.41, 5.74) is 1.12. The van der Waals surface area contributed by atoms with Gasteiger partial charge in [-0.3, -0.25) is 4.79 Å². The molecule has 2 atom stereocenters. The van der Waals surface area contributed by atoms with Crippen LogP contribution in [0.4, 0.5) is 0 Å². The monoisotopic (exact) mass is 254 g/mol. The minimum absolute atomic E-state index is 0.0163. The highest BCUT2D eigenvalue weighted by Gasteiger charge is 2.19. The number of carbonyl (C=O) groups excluding carboxylic acids is 1. The molecule has 0 aliphatic carbocycles. The molecule has 0 bridgehead atoms. The van der Waals surface area contributed by atoms with Gasteiger partial charge in [-0.15, -0.1) is 0 Å². The van der Waals surface area contributed by atoms with E-state index in [1.165, 1.54) is 0 Å². The molecule has 0 saturated carbocycles. The minimum atomic E-state index is -0.0715. The lowest BCUT2D eigenvalue weighted by Gasteiger charge is -2.18. The Morgan fingerprint density at radius 1 is 1.47 bits per heavy atom. The minimum Gasteiger partial charge on any atom is -0.457 e. The summed E-state index contributed by atoms with van der Waals surface area (Å²) < 4.78 is 5.57. The van der Waals surface area contributed by atoms with Crippen LogP contribution in [0.3, 0.4) is 0 Å². The smallest absolute Gasteiger partial charge is 0.309 e. The van der Waals surface area contributed by atoms with E-state index in [9.17, 15) is 4.79 Å². The summed E-state index contributed by atoms with van der Waals surface area (Å²) in [5.74, 6) is -0.0425. The van der Waals surface area contributed by atoms with Crippen LogP contribution in [0, 0.1) is 5.92 Å². The molecule has 0 aromatic carbocycles. The van der Waals surface area contributed by atoms with Gasteiger partial charge in [-0.1, -0.05) is 33.6 Å². The number of rotatable bonds is 7. The van der Waals surface area contributed by atoms with Crippen molar-refractivity contribution in [2.24, 2.45) is 5.92 Å². The van der Waals surface area contributed by atoms with Crippen molar-refractivity contribution in [2.75, 3.05) is 0 Å². The number of esters is 1. The molecule has 0 fully saturated rings. The normalized spacial score (nSPS) is 14.3. The Bertz CT molecular complexity index is 319. The Hall–Kier alpha value is -0.830. The van der Waals surface area contributed by atoms with Crippen LogP contribution < -0.4 is 0 Å². The lowest BCUT2D eigenvalue weighted by Crippen LogP contribution is -2.17. The van der Waals surface area contributed by atoms with Crippen molar-refractivity contribution < 1.29 is 9.53 Å². The predicted molar refractivity (Wildman–Crippen MR) is 72.1 cm³/mol. The van der Waals surface area contributed by atoms with Gasteiger partial charge in [-0.25, -0.2) is 0 Å². The molecular weight excluding hydrogens is 232 g/mol. The first-order chi connectivity index (χ1) is 8.19. The average Bonchev–Trinajstić information content (AvgIpc) is 2.86. The summed E-state index contributed by atoms with van der Waals surface area (Å²) in [5, 5.41) is 4.07. The SMILES string of the molecule is CCCCC(C)C(=O)OC(CC)c1ccsc1. The molecule has 0 amide bonds. The van der Waals surface area contributed by atoms with Crippen molar-refractivity contribution >= 4 is 17.3 Å². The van der Waals surface area contributed by atoms with Gasteiger partial charge in [0.1, 0.15) is 6.10 Å². The summed E-state index contributed by atoms with van der Waals surface area (Å²) in [6, 6.07) is 2.03. The fraction of sp³-hybridized carbons (Fsp3) is 0.643. The Balaban J connectivity index is 2.48. The predicted octanol–water partition coefficient (Wildman–Crippen LogP) is 4.57. The van der Waals surface area contributed by atoms with Gasteiger partial charge in [-0.05, 0) is 29.7 Å². The molecule has 0 radical (unpaired) electrons.